The molecule has 2 aliphatic heterocycles. The molecule has 1 aromatic rings. The first-order chi connectivity index (χ1) is 11.7. The summed E-state index contributed by atoms with van der Waals surface area (Å²) in [4.78, 5) is 36.6. The minimum Gasteiger partial charge on any atom is -0.376 e. The van der Waals surface area contributed by atoms with E-state index in [4.69, 9.17) is 4.74 Å². The molecule has 0 radical (unpaired) electrons. The highest BCUT2D eigenvalue weighted by molar-refractivity contribution is 5.92. The Morgan fingerprint density at radius 2 is 2.08 bits per heavy atom. The van der Waals surface area contributed by atoms with Crippen molar-refractivity contribution >= 4 is 11.8 Å². The summed E-state index contributed by atoms with van der Waals surface area (Å²) in [6.45, 7) is 3.31. The Balaban J connectivity index is 1.62. The lowest BCUT2D eigenvalue weighted by molar-refractivity contribution is -0.130. The fourth-order valence-electron chi connectivity index (χ4n) is 3.24. The average molecular weight is 332 g/mol. The largest absolute Gasteiger partial charge is 0.376 e. The van der Waals surface area contributed by atoms with Gasteiger partial charge in [-0.2, -0.15) is 0 Å². The maximum Gasteiger partial charge on any atom is 0.274 e. The van der Waals surface area contributed by atoms with Crippen LogP contribution in [-0.4, -0.2) is 70.5 Å². The summed E-state index contributed by atoms with van der Waals surface area (Å²) < 4.78 is 5.65. The highest BCUT2D eigenvalue weighted by atomic mass is 16.5. The molecule has 0 aromatic carbocycles. The highest BCUT2D eigenvalue weighted by Gasteiger charge is 2.26. The van der Waals surface area contributed by atoms with Crippen molar-refractivity contribution < 1.29 is 14.3 Å². The van der Waals surface area contributed by atoms with Crippen LogP contribution in [0.2, 0.25) is 0 Å². The molecule has 1 aromatic heterocycles. The van der Waals surface area contributed by atoms with Gasteiger partial charge >= 0.3 is 0 Å². The van der Waals surface area contributed by atoms with Gasteiger partial charge in [-0.1, -0.05) is 0 Å². The fourth-order valence-corrected chi connectivity index (χ4v) is 3.24. The van der Waals surface area contributed by atoms with E-state index in [1.54, 1.807) is 4.90 Å². The molecule has 0 aliphatic carbocycles. The van der Waals surface area contributed by atoms with Crippen LogP contribution >= 0.6 is 0 Å². The number of aromatic nitrogens is 2. The summed E-state index contributed by atoms with van der Waals surface area (Å²) in [6, 6.07) is 0. The molecule has 130 valence electrons. The van der Waals surface area contributed by atoms with E-state index in [0.717, 1.165) is 45.4 Å². The molecule has 2 fully saturated rings. The predicted octanol–water partition coefficient (Wildman–Crippen LogP) is 1.11. The maximum atomic E-state index is 12.7. The van der Waals surface area contributed by atoms with Gasteiger partial charge in [0.25, 0.3) is 5.91 Å². The summed E-state index contributed by atoms with van der Waals surface area (Å²) >= 11 is 0. The van der Waals surface area contributed by atoms with Crippen molar-refractivity contribution in [1.29, 1.82) is 0 Å². The second-order valence-corrected chi connectivity index (χ2v) is 6.31. The quantitative estimate of drug-likeness (QED) is 0.780. The molecular weight excluding hydrogens is 308 g/mol. The number of ether oxygens (including phenoxy) is 1. The number of likely N-dealkylation sites (tertiary alicyclic amines) is 1. The van der Waals surface area contributed by atoms with Gasteiger partial charge < -0.3 is 14.5 Å². The predicted molar refractivity (Wildman–Crippen MR) is 87.3 cm³/mol. The van der Waals surface area contributed by atoms with Crippen molar-refractivity contribution in [3.63, 3.8) is 0 Å². The molecule has 0 bridgehead atoms. The zero-order chi connectivity index (χ0) is 16.8. The van der Waals surface area contributed by atoms with Gasteiger partial charge in [0.05, 0.1) is 12.3 Å². The van der Waals surface area contributed by atoms with Gasteiger partial charge in [0, 0.05) is 51.6 Å². The molecule has 2 saturated heterocycles. The van der Waals surface area contributed by atoms with Gasteiger partial charge in [-0.15, -0.1) is 0 Å². The Kier molecular flexibility index (Phi) is 5.74. The molecule has 0 N–H and O–H groups in total. The molecule has 2 amide bonds. The zero-order valence-electron chi connectivity index (χ0n) is 13.9. The Morgan fingerprint density at radius 3 is 2.75 bits per heavy atom. The van der Waals surface area contributed by atoms with Gasteiger partial charge in [0.2, 0.25) is 5.91 Å². The van der Waals surface area contributed by atoms with Crippen molar-refractivity contribution in [2.24, 2.45) is 0 Å². The fraction of sp³-hybridized carbons (Fsp3) is 0.647. The van der Waals surface area contributed by atoms with E-state index < -0.39 is 0 Å². The molecule has 1 atom stereocenters. The molecule has 2 aliphatic rings. The number of rotatable bonds is 6. The van der Waals surface area contributed by atoms with Gasteiger partial charge in [-0.25, -0.2) is 4.98 Å². The third-order valence-electron chi connectivity index (χ3n) is 4.57. The second kappa shape index (κ2) is 8.19. The third-order valence-corrected chi connectivity index (χ3v) is 4.57. The molecule has 0 saturated carbocycles. The van der Waals surface area contributed by atoms with Crippen molar-refractivity contribution in [1.82, 2.24) is 19.8 Å². The van der Waals surface area contributed by atoms with Crippen LogP contribution < -0.4 is 0 Å². The lowest BCUT2D eigenvalue weighted by Crippen LogP contribution is -2.40. The van der Waals surface area contributed by atoms with Crippen molar-refractivity contribution in [3.8, 4) is 0 Å². The van der Waals surface area contributed by atoms with E-state index in [-0.39, 0.29) is 17.9 Å². The first-order valence-electron chi connectivity index (χ1n) is 8.69. The number of carbonyl (C=O) groups excluding carboxylic acids is 2. The number of amides is 2. The normalized spacial score (nSPS) is 20.3. The van der Waals surface area contributed by atoms with Crippen LogP contribution in [0.4, 0.5) is 0 Å². The first kappa shape index (κ1) is 16.8. The van der Waals surface area contributed by atoms with Crippen LogP contribution in [0.1, 0.15) is 42.6 Å². The minimum atomic E-state index is -0.187. The molecule has 7 heteroatoms. The lowest BCUT2D eigenvalue weighted by Gasteiger charge is -2.26. The molecular formula is C17H24N4O3. The number of hydrogen-bond acceptors (Lipinski definition) is 5. The number of carbonyl (C=O) groups is 2. The van der Waals surface area contributed by atoms with Crippen molar-refractivity contribution in [2.45, 2.75) is 38.2 Å². The molecule has 0 spiro atoms. The number of hydrogen-bond donors (Lipinski definition) is 0. The SMILES string of the molecule is O=C(CCN(CC1CCCO1)C(=O)c1cnccn1)N1CCCC1. The standard InChI is InChI=1S/C17H24N4O3/c22-16(20-8-1-2-9-20)5-10-21(13-14-4-3-11-24-14)17(23)15-12-18-6-7-19-15/h6-7,12,14H,1-5,8-11,13H2. The molecule has 3 rings (SSSR count). The maximum absolute atomic E-state index is 12.7. The van der Waals surface area contributed by atoms with E-state index >= 15 is 0 Å². The summed E-state index contributed by atoms with van der Waals surface area (Å²) in [5, 5.41) is 0. The van der Waals surface area contributed by atoms with Crippen molar-refractivity contribution in [3.05, 3.63) is 24.3 Å². The summed E-state index contributed by atoms with van der Waals surface area (Å²) in [5.74, 6) is -0.0652. The second-order valence-electron chi connectivity index (χ2n) is 6.31. The van der Waals surface area contributed by atoms with Gasteiger partial charge in [-0.05, 0) is 25.7 Å². The van der Waals surface area contributed by atoms with E-state index in [9.17, 15) is 9.59 Å². The van der Waals surface area contributed by atoms with Crippen LogP contribution in [0.15, 0.2) is 18.6 Å². The third kappa shape index (κ3) is 4.29. The Bertz CT molecular complexity index is 554. The van der Waals surface area contributed by atoms with Gasteiger partial charge in [0.1, 0.15) is 5.69 Å². The van der Waals surface area contributed by atoms with E-state index in [2.05, 4.69) is 9.97 Å². The molecule has 1 unspecified atom stereocenters. The topological polar surface area (TPSA) is 75.6 Å². The van der Waals surface area contributed by atoms with Crippen LogP contribution in [0.5, 0.6) is 0 Å². The number of nitrogens with zero attached hydrogens (tertiary/aromatic N) is 4. The average Bonchev–Trinajstić information content (AvgIpc) is 3.32. The Hall–Kier alpha value is -2.02. The summed E-state index contributed by atoms with van der Waals surface area (Å²) in [7, 11) is 0. The van der Waals surface area contributed by atoms with Crippen LogP contribution in [-0.2, 0) is 9.53 Å². The highest BCUT2D eigenvalue weighted by Crippen LogP contribution is 2.16. The van der Waals surface area contributed by atoms with Crippen LogP contribution in [0, 0.1) is 0 Å². The minimum absolute atomic E-state index is 0.0486. The van der Waals surface area contributed by atoms with E-state index in [1.165, 1.54) is 18.6 Å². The lowest BCUT2D eigenvalue weighted by atomic mass is 10.2. The molecule has 24 heavy (non-hydrogen) atoms. The summed E-state index contributed by atoms with van der Waals surface area (Å²) in [6.07, 6.45) is 9.02. The Labute approximate surface area is 142 Å². The van der Waals surface area contributed by atoms with E-state index in [0.29, 0.717) is 25.2 Å². The van der Waals surface area contributed by atoms with Crippen LogP contribution in [0.3, 0.4) is 0 Å². The zero-order valence-corrected chi connectivity index (χ0v) is 13.9. The molecule has 7 nitrogen and oxygen atoms in total. The molecule has 3 heterocycles. The first-order valence-corrected chi connectivity index (χ1v) is 8.69. The monoisotopic (exact) mass is 332 g/mol. The van der Waals surface area contributed by atoms with Crippen LogP contribution in [0.25, 0.3) is 0 Å². The smallest absolute Gasteiger partial charge is 0.274 e. The van der Waals surface area contributed by atoms with Gasteiger partial charge in [-0.3, -0.25) is 14.6 Å². The summed E-state index contributed by atoms with van der Waals surface area (Å²) in [5.41, 5.74) is 0.309. The van der Waals surface area contributed by atoms with Crippen molar-refractivity contribution in [2.75, 3.05) is 32.8 Å². The Morgan fingerprint density at radius 1 is 1.25 bits per heavy atom. The van der Waals surface area contributed by atoms with Gasteiger partial charge in [0.15, 0.2) is 0 Å². The van der Waals surface area contributed by atoms with E-state index in [1.807, 2.05) is 4.90 Å².